The zero-order valence-electron chi connectivity index (χ0n) is 12.2. The Balaban J connectivity index is 1.93. The molecule has 0 bridgehead atoms. The van der Waals surface area contributed by atoms with Crippen molar-refractivity contribution in [1.29, 1.82) is 0 Å². The summed E-state index contributed by atoms with van der Waals surface area (Å²) in [5.41, 5.74) is 0. The normalized spacial score (nSPS) is 32.8. The van der Waals surface area contributed by atoms with E-state index < -0.39 is 0 Å². The number of rotatable bonds is 3. The second-order valence-corrected chi connectivity index (χ2v) is 6.12. The standard InChI is InChI=1S/C16H30N2/c1-3-4-12-18-13-16(17-11-10-14(18)2)15-8-6-5-7-9-15/h3-4,14-17H,5-13H2,1-2H3/b4-3+. The van der Waals surface area contributed by atoms with Gasteiger partial charge < -0.3 is 5.32 Å². The Hall–Kier alpha value is -0.340. The second kappa shape index (κ2) is 7.30. The van der Waals surface area contributed by atoms with Crippen LogP contribution in [0.2, 0.25) is 0 Å². The van der Waals surface area contributed by atoms with Gasteiger partial charge in [-0.1, -0.05) is 31.4 Å². The van der Waals surface area contributed by atoms with Crippen LogP contribution in [-0.2, 0) is 0 Å². The summed E-state index contributed by atoms with van der Waals surface area (Å²) in [4.78, 5) is 2.67. The van der Waals surface area contributed by atoms with E-state index in [0.29, 0.717) is 0 Å². The molecule has 2 aliphatic rings. The van der Waals surface area contributed by atoms with Crippen LogP contribution in [0.5, 0.6) is 0 Å². The van der Waals surface area contributed by atoms with Gasteiger partial charge in [0.25, 0.3) is 0 Å². The average Bonchev–Trinajstić information content (AvgIpc) is 2.60. The second-order valence-electron chi connectivity index (χ2n) is 6.12. The van der Waals surface area contributed by atoms with Crippen molar-refractivity contribution in [3.05, 3.63) is 12.2 Å². The minimum Gasteiger partial charge on any atom is -0.312 e. The maximum Gasteiger partial charge on any atom is 0.0223 e. The molecule has 2 atom stereocenters. The van der Waals surface area contributed by atoms with Crippen LogP contribution in [0, 0.1) is 5.92 Å². The van der Waals surface area contributed by atoms with Crippen LogP contribution >= 0.6 is 0 Å². The first-order chi connectivity index (χ1) is 8.81. The van der Waals surface area contributed by atoms with E-state index in [1.165, 1.54) is 51.6 Å². The van der Waals surface area contributed by atoms with Gasteiger partial charge in [-0.15, -0.1) is 0 Å². The molecular weight excluding hydrogens is 220 g/mol. The molecule has 2 heteroatoms. The molecule has 0 amide bonds. The van der Waals surface area contributed by atoms with E-state index in [1.54, 1.807) is 0 Å². The van der Waals surface area contributed by atoms with Gasteiger partial charge in [-0.3, -0.25) is 4.90 Å². The van der Waals surface area contributed by atoms with Crippen LogP contribution in [0.15, 0.2) is 12.2 Å². The quantitative estimate of drug-likeness (QED) is 0.774. The summed E-state index contributed by atoms with van der Waals surface area (Å²) in [6.07, 6.45) is 13.0. The van der Waals surface area contributed by atoms with Gasteiger partial charge in [-0.05, 0) is 45.6 Å². The first-order valence-corrected chi connectivity index (χ1v) is 7.90. The first-order valence-electron chi connectivity index (χ1n) is 7.90. The highest BCUT2D eigenvalue weighted by atomic mass is 15.2. The molecule has 0 spiro atoms. The number of allylic oxidation sites excluding steroid dienone is 1. The minimum atomic E-state index is 0.724. The highest BCUT2D eigenvalue weighted by Crippen LogP contribution is 2.28. The van der Waals surface area contributed by atoms with Crippen molar-refractivity contribution < 1.29 is 0 Å². The molecule has 18 heavy (non-hydrogen) atoms. The lowest BCUT2D eigenvalue weighted by atomic mass is 9.83. The SMILES string of the molecule is C/C=C/CN1CC(C2CCCCC2)NCCC1C. The topological polar surface area (TPSA) is 15.3 Å². The molecule has 1 saturated carbocycles. The summed E-state index contributed by atoms with van der Waals surface area (Å²) < 4.78 is 0. The molecule has 0 aromatic heterocycles. The lowest BCUT2D eigenvalue weighted by molar-refractivity contribution is 0.186. The third-order valence-corrected chi connectivity index (χ3v) is 4.82. The van der Waals surface area contributed by atoms with Crippen LogP contribution in [0.3, 0.4) is 0 Å². The Labute approximate surface area is 113 Å². The van der Waals surface area contributed by atoms with Gasteiger partial charge in [-0.2, -0.15) is 0 Å². The Morgan fingerprint density at radius 3 is 2.67 bits per heavy atom. The van der Waals surface area contributed by atoms with E-state index in [1.807, 2.05) is 0 Å². The van der Waals surface area contributed by atoms with E-state index in [9.17, 15) is 0 Å². The van der Waals surface area contributed by atoms with Crippen molar-refractivity contribution >= 4 is 0 Å². The smallest absolute Gasteiger partial charge is 0.0223 e. The molecule has 1 saturated heterocycles. The van der Waals surface area contributed by atoms with E-state index in [2.05, 4.69) is 36.2 Å². The fourth-order valence-corrected chi connectivity index (χ4v) is 3.50. The van der Waals surface area contributed by atoms with Gasteiger partial charge in [0.2, 0.25) is 0 Å². The Kier molecular flexibility index (Phi) is 5.71. The fraction of sp³-hybridized carbons (Fsp3) is 0.875. The number of nitrogens with one attached hydrogen (secondary N) is 1. The fourth-order valence-electron chi connectivity index (χ4n) is 3.50. The summed E-state index contributed by atoms with van der Waals surface area (Å²) >= 11 is 0. The van der Waals surface area contributed by atoms with Crippen molar-refractivity contribution in [2.24, 2.45) is 5.92 Å². The number of hydrogen-bond donors (Lipinski definition) is 1. The molecular formula is C16H30N2. The zero-order chi connectivity index (χ0) is 12.8. The molecule has 1 heterocycles. The van der Waals surface area contributed by atoms with Gasteiger partial charge in [0.1, 0.15) is 0 Å². The van der Waals surface area contributed by atoms with Gasteiger partial charge in [-0.25, -0.2) is 0 Å². The molecule has 1 aliphatic heterocycles. The van der Waals surface area contributed by atoms with Crippen molar-refractivity contribution in [2.75, 3.05) is 19.6 Å². The number of hydrogen-bond acceptors (Lipinski definition) is 2. The maximum atomic E-state index is 3.82. The third kappa shape index (κ3) is 3.83. The van der Waals surface area contributed by atoms with Crippen LogP contribution in [0.25, 0.3) is 0 Å². The summed E-state index contributed by atoms with van der Waals surface area (Å²) in [6.45, 7) is 8.08. The maximum absolute atomic E-state index is 3.82. The highest BCUT2D eigenvalue weighted by molar-refractivity contribution is 4.90. The lowest BCUT2D eigenvalue weighted by Gasteiger charge is -2.34. The minimum absolute atomic E-state index is 0.724. The van der Waals surface area contributed by atoms with Gasteiger partial charge in [0.05, 0.1) is 0 Å². The van der Waals surface area contributed by atoms with Crippen LogP contribution in [-0.4, -0.2) is 36.6 Å². The van der Waals surface area contributed by atoms with E-state index in [0.717, 1.165) is 24.5 Å². The summed E-state index contributed by atoms with van der Waals surface area (Å²) in [5.74, 6) is 0.928. The zero-order valence-corrected chi connectivity index (χ0v) is 12.2. The van der Waals surface area contributed by atoms with E-state index >= 15 is 0 Å². The van der Waals surface area contributed by atoms with Gasteiger partial charge in [0, 0.05) is 25.2 Å². The molecule has 0 aromatic carbocycles. The summed E-state index contributed by atoms with van der Waals surface area (Å²) in [5, 5.41) is 3.82. The van der Waals surface area contributed by atoms with Gasteiger partial charge >= 0.3 is 0 Å². The lowest BCUT2D eigenvalue weighted by Crippen LogP contribution is -2.45. The molecule has 0 aromatic rings. The largest absolute Gasteiger partial charge is 0.312 e. The van der Waals surface area contributed by atoms with E-state index in [4.69, 9.17) is 0 Å². The van der Waals surface area contributed by atoms with Crippen LogP contribution in [0.4, 0.5) is 0 Å². The molecule has 1 N–H and O–H groups in total. The van der Waals surface area contributed by atoms with E-state index in [-0.39, 0.29) is 0 Å². The molecule has 1 aliphatic carbocycles. The third-order valence-electron chi connectivity index (χ3n) is 4.82. The molecule has 104 valence electrons. The average molecular weight is 250 g/mol. The summed E-state index contributed by atoms with van der Waals surface area (Å²) in [6, 6.07) is 1.46. The van der Waals surface area contributed by atoms with Gasteiger partial charge in [0.15, 0.2) is 0 Å². The predicted octanol–water partition coefficient (Wildman–Crippen LogP) is 3.20. The Bertz CT molecular complexity index is 256. The summed E-state index contributed by atoms with van der Waals surface area (Å²) in [7, 11) is 0. The highest BCUT2D eigenvalue weighted by Gasteiger charge is 2.28. The van der Waals surface area contributed by atoms with Crippen LogP contribution in [0.1, 0.15) is 52.4 Å². The monoisotopic (exact) mass is 250 g/mol. The van der Waals surface area contributed by atoms with Crippen molar-refractivity contribution in [3.63, 3.8) is 0 Å². The molecule has 0 radical (unpaired) electrons. The van der Waals surface area contributed by atoms with Crippen molar-refractivity contribution in [1.82, 2.24) is 10.2 Å². The van der Waals surface area contributed by atoms with Crippen molar-refractivity contribution in [2.45, 2.75) is 64.5 Å². The number of nitrogens with zero attached hydrogens (tertiary/aromatic N) is 1. The molecule has 2 rings (SSSR count). The Morgan fingerprint density at radius 1 is 1.17 bits per heavy atom. The van der Waals surface area contributed by atoms with Crippen LogP contribution < -0.4 is 5.32 Å². The predicted molar refractivity (Wildman–Crippen MR) is 78.8 cm³/mol. The first kappa shape index (κ1) is 14.1. The molecule has 2 unspecified atom stereocenters. The molecule has 2 nitrogen and oxygen atoms in total. The Morgan fingerprint density at radius 2 is 1.94 bits per heavy atom. The van der Waals surface area contributed by atoms with Crippen molar-refractivity contribution in [3.8, 4) is 0 Å². The molecule has 2 fully saturated rings.